The Morgan fingerprint density at radius 1 is 1.21 bits per heavy atom. The summed E-state index contributed by atoms with van der Waals surface area (Å²) in [5.41, 5.74) is 2.41. The number of cyclic esters (lactones) is 1. The minimum absolute atomic E-state index is 0.145. The van der Waals surface area contributed by atoms with Crippen molar-refractivity contribution in [2.24, 2.45) is 5.92 Å². The third kappa shape index (κ3) is 6.09. The number of aromatic hydroxyl groups is 1. The normalized spacial score (nSPS) is 30.2. The van der Waals surface area contributed by atoms with E-state index >= 15 is 0 Å². The second-order valence-electron chi connectivity index (χ2n) is 10.5. The van der Waals surface area contributed by atoms with Crippen molar-refractivity contribution in [1.82, 2.24) is 0 Å². The number of hydrogen-bond acceptors (Lipinski definition) is 5. The Bertz CT molecular complexity index is 940. The van der Waals surface area contributed by atoms with Crippen LogP contribution in [0.2, 0.25) is 0 Å². The Labute approximate surface area is 205 Å². The van der Waals surface area contributed by atoms with E-state index in [0.29, 0.717) is 30.4 Å². The number of esters is 1. The number of carbonyl (C=O) groups is 1. The summed E-state index contributed by atoms with van der Waals surface area (Å²) in [5.74, 6) is -0.242. The van der Waals surface area contributed by atoms with Gasteiger partial charge in [-0.2, -0.15) is 0 Å². The van der Waals surface area contributed by atoms with E-state index in [2.05, 4.69) is 29.4 Å². The number of aliphatic hydroxyl groups is 2. The molecule has 2 unspecified atom stereocenters. The second-order valence-corrected chi connectivity index (χ2v) is 11.6. The molecule has 1 aliphatic heterocycles. The lowest BCUT2D eigenvalue weighted by atomic mass is 9.74. The smallest absolute Gasteiger partial charge is 0.338 e. The van der Waals surface area contributed by atoms with Gasteiger partial charge >= 0.3 is 5.97 Å². The highest BCUT2D eigenvalue weighted by molar-refractivity contribution is 9.09. The largest absolute Gasteiger partial charge is 0.508 e. The van der Waals surface area contributed by atoms with Crippen molar-refractivity contribution in [2.75, 3.05) is 0 Å². The highest BCUT2D eigenvalue weighted by Gasteiger charge is 2.37. The Kier molecular flexibility index (Phi) is 7.82. The van der Waals surface area contributed by atoms with E-state index in [1.54, 1.807) is 32.9 Å². The summed E-state index contributed by atoms with van der Waals surface area (Å²) in [6, 6.07) is 4.77. The molecular formula is C27H37BrO5. The summed E-state index contributed by atoms with van der Waals surface area (Å²) in [6.45, 7) is 11.5. The van der Waals surface area contributed by atoms with Gasteiger partial charge in [0.1, 0.15) is 11.9 Å². The molecule has 0 saturated heterocycles. The maximum absolute atomic E-state index is 13.0. The van der Waals surface area contributed by atoms with Crippen molar-refractivity contribution in [3.05, 3.63) is 52.6 Å². The topological polar surface area (TPSA) is 87.0 Å². The van der Waals surface area contributed by atoms with Crippen LogP contribution in [0.3, 0.4) is 0 Å². The Hall–Kier alpha value is -1.63. The molecule has 1 heterocycles. The van der Waals surface area contributed by atoms with Crippen molar-refractivity contribution in [3.63, 3.8) is 0 Å². The van der Waals surface area contributed by atoms with Gasteiger partial charge in [-0.1, -0.05) is 39.2 Å². The van der Waals surface area contributed by atoms with Crippen LogP contribution in [-0.2, 0) is 11.2 Å². The fourth-order valence-electron chi connectivity index (χ4n) is 4.90. The lowest BCUT2D eigenvalue weighted by Crippen LogP contribution is -2.43. The molecule has 1 aliphatic carbocycles. The summed E-state index contributed by atoms with van der Waals surface area (Å²) >= 11 is 3.70. The number of allylic oxidation sites excluding steroid dienone is 3. The van der Waals surface area contributed by atoms with E-state index < -0.39 is 23.3 Å². The van der Waals surface area contributed by atoms with E-state index in [4.69, 9.17) is 4.74 Å². The monoisotopic (exact) mass is 520 g/mol. The van der Waals surface area contributed by atoms with E-state index in [9.17, 15) is 20.1 Å². The minimum Gasteiger partial charge on any atom is -0.508 e. The number of alkyl halides is 1. The first-order chi connectivity index (χ1) is 15.3. The molecule has 1 aromatic rings. The lowest BCUT2D eigenvalue weighted by Gasteiger charge is -2.35. The zero-order valence-corrected chi connectivity index (χ0v) is 21.7. The van der Waals surface area contributed by atoms with E-state index in [-0.39, 0.29) is 16.5 Å². The molecule has 2 aliphatic rings. The molecule has 2 bridgehead atoms. The van der Waals surface area contributed by atoms with Gasteiger partial charge in [-0.25, -0.2) is 4.79 Å². The number of rotatable bonds is 1. The van der Waals surface area contributed by atoms with Crippen molar-refractivity contribution in [3.8, 4) is 5.75 Å². The van der Waals surface area contributed by atoms with Crippen LogP contribution in [0.1, 0.15) is 82.1 Å². The molecule has 0 amide bonds. The molecule has 4 atom stereocenters. The van der Waals surface area contributed by atoms with Crippen LogP contribution in [-0.4, -0.2) is 43.4 Å². The zero-order chi connectivity index (χ0) is 24.6. The molecule has 0 saturated carbocycles. The molecule has 0 fully saturated rings. The molecule has 33 heavy (non-hydrogen) atoms. The Morgan fingerprint density at radius 2 is 1.91 bits per heavy atom. The maximum Gasteiger partial charge on any atom is 0.338 e. The number of hydrogen-bond donors (Lipinski definition) is 3. The Morgan fingerprint density at radius 3 is 2.58 bits per heavy atom. The minimum atomic E-state index is -1.27. The summed E-state index contributed by atoms with van der Waals surface area (Å²) < 4.78 is 5.72. The van der Waals surface area contributed by atoms with Crippen molar-refractivity contribution in [1.29, 1.82) is 0 Å². The highest BCUT2D eigenvalue weighted by Crippen LogP contribution is 2.41. The van der Waals surface area contributed by atoms with Gasteiger partial charge in [-0.3, -0.25) is 0 Å². The van der Waals surface area contributed by atoms with Crippen molar-refractivity contribution >= 4 is 21.9 Å². The number of phenols is 1. The van der Waals surface area contributed by atoms with Gasteiger partial charge in [-0.05, 0) is 96.4 Å². The lowest BCUT2D eigenvalue weighted by molar-refractivity contribution is -0.0764. The first-order valence-corrected chi connectivity index (χ1v) is 12.7. The van der Waals surface area contributed by atoms with Crippen LogP contribution < -0.4 is 0 Å². The first kappa shape index (κ1) is 26.0. The predicted molar refractivity (Wildman–Crippen MR) is 134 cm³/mol. The number of phenolic OH excluding ortho intramolecular Hbond substituents is 1. The average molecular weight is 521 g/mol. The number of halogens is 1. The summed E-state index contributed by atoms with van der Waals surface area (Å²) in [4.78, 5) is 12.8. The molecule has 3 rings (SSSR count). The van der Waals surface area contributed by atoms with Crippen LogP contribution in [0, 0.1) is 5.92 Å². The van der Waals surface area contributed by atoms with Crippen molar-refractivity contribution < 1.29 is 24.9 Å². The molecule has 3 N–H and O–H groups in total. The third-order valence-electron chi connectivity index (χ3n) is 7.31. The predicted octanol–water partition coefficient (Wildman–Crippen LogP) is 5.60. The quantitative estimate of drug-likeness (QED) is 0.254. The highest BCUT2D eigenvalue weighted by atomic mass is 79.9. The van der Waals surface area contributed by atoms with Crippen molar-refractivity contribution in [2.45, 2.75) is 94.8 Å². The molecule has 5 nitrogen and oxygen atoms in total. The number of fused-ring (bicyclic) bond motifs is 3. The summed E-state index contributed by atoms with van der Waals surface area (Å²) in [6.07, 6.45) is 3.88. The molecule has 6 heteroatoms. The van der Waals surface area contributed by atoms with E-state index in [0.717, 1.165) is 25.7 Å². The Balaban J connectivity index is 2.05. The van der Waals surface area contributed by atoms with Gasteiger partial charge in [0.2, 0.25) is 0 Å². The van der Waals surface area contributed by atoms with Gasteiger partial charge in [-0.15, -0.1) is 0 Å². The fraction of sp³-hybridized carbons (Fsp3) is 0.593. The maximum atomic E-state index is 13.0. The van der Waals surface area contributed by atoms with Crippen LogP contribution in [0.15, 0.2) is 41.5 Å². The fourth-order valence-corrected chi connectivity index (χ4v) is 5.39. The summed E-state index contributed by atoms with van der Waals surface area (Å²) in [5, 5.41) is 32.4. The second kappa shape index (κ2) is 9.93. The molecule has 182 valence electrons. The summed E-state index contributed by atoms with van der Waals surface area (Å²) in [7, 11) is 0. The van der Waals surface area contributed by atoms with Gasteiger partial charge in [0.05, 0.1) is 16.8 Å². The van der Waals surface area contributed by atoms with E-state index in [1.165, 1.54) is 22.8 Å². The van der Waals surface area contributed by atoms with Crippen LogP contribution in [0.5, 0.6) is 5.75 Å². The molecule has 0 spiro atoms. The molecular weight excluding hydrogens is 484 g/mol. The number of carbonyl (C=O) groups excluding carboxylic acids is 1. The van der Waals surface area contributed by atoms with Gasteiger partial charge in [0.25, 0.3) is 0 Å². The van der Waals surface area contributed by atoms with Crippen LogP contribution in [0.4, 0.5) is 0 Å². The standard InChI is InChI=1S/C27H37BrO5/c1-16-6-7-17(2)21-15-19-14-18(8-10-22(19)29)25(30)33-24(26(3,4)31)12-13-27(5,32)23(28)11-9-20(16)21/h8,10,14,20,23-24,29,31-32H,1,6-7,9,11-13,15H2,2-5H3/t20?,23-,24+,27?/m1/s1. The third-order valence-corrected chi connectivity index (χ3v) is 8.76. The van der Waals surface area contributed by atoms with E-state index in [1.807, 2.05) is 0 Å². The molecule has 1 aromatic carbocycles. The van der Waals surface area contributed by atoms with Crippen LogP contribution >= 0.6 is 15.9 Å². The number of benzene rings is 1. The SMILES string of the molecule is C=C1CCC(C)=C2Cc3cc(ccc3O)C(=O)O[C@H](C(C)(C)O)CCC(C)(O)[C@H](Br)CCC12. The van der Waals surface area contributed by atoms with Gasteiger partial charge in [0, 0.05) is 10.7 Å². The van der Waals surface area contributed by atoms with Gasteiger partial charge in [0.15, 0.2) is 0 Å². The molecule has 0 aromatic heterocycles. The van der Waals surface area contributed by atoms with Gasteiger partial charge < -0.3 is 20.1 Å². The molecule has 0 radical (unpaired) electrons. The zero-order valence-electron chi connectivity index (χ0n) is 20.2. The first-order valence-electron chi connectivity index (χ1n) is 11.8. The van der Waals surface area contributed by atoms with Crippen LogP contribution in [0.25, 0.3) is 0 Å². The number of ether oxygens (including phenoxy) is 1. The average Bonchev–Trinajstić information content (AvgIpc) is 2.72.